The maximum Gasteiger partial charge on any atom is 0.416 e. The number of hydrogen-bond acceptors (Lipinski definition) is 4. The van der Waals surface area contributed by atoms with Crippen molar-refractivity contribution in [3.8, 4) is 0 Å². The molecule has 0 bridgehead atoms. The number of alkyl halides is 3. The second kappa shape index (κ2) is 6.99. The molecule has 2 aromatic carbocycles. The summed E-state index contributed by atoms with van der Waals surface area (Å²) in [5, 5.41) is 0.958. The van der Waals surface area contributed by atoms with Crippen LogP contribution in [-0.2, 0) is 6.18 Å². The molecule has 1 aliphatic rings. The molecule has 8 heteroatoms. The summed E-state index contributed by atoms with van der Waals surface area (Å²) >= 11 is 3.48. The average Bonchev–Trinajstić information content (AvgIpc) is 2.67. The van der Waals surface area contributed by atoms with Crippen LogP contribution in [0.15, 0.2) is 53.3 Å². The monoisotopic (exact) mass is 436 g/mol. The molecule has 0 atom stereocenters. The Morgan fingerprint density at radius 3 is 2.37 bits per heavy atom. The lowest BCUT2D eigenvalue weighted by atomic mass is 10.1. The highest BCUT2D eigenvalue weighted by Crippen LogP contribution is 2.32. The first kappa shape index (κ1) is 18.0. The third-order valence-electron chi connectivity index (χ3n) is 4.69. The largest absolute Gasteiger partial charge is 0.416 e. The van der Waals surface area contributed by atoms with Crippen LogP contribution in [0.25, 0.3) is 10.9 Å². The van der Waals surface area contributed by atoms with Gasteiger partial charge in [-0.25, -0.2) is 9.97 Å². The maximum absolute atomic E-state index is 13.0. The van der Waals surface area contributed by atoms with E-state index in [1.807, 2.05) is 23.1 Å². The number of hydrogen-bond donors (Lipinski definition) is 0. The minimum Gasteiger partial charge on any atom is -0.368 e. The van der Waals surface area contributed by atoms with Crippen LogP contribution >= 0.6 is 15.9 Å². The molecule has 4 nitrogen and oxygen atoms in total. The summed E-state index contributed by atoms with van der Waals surface area (Å²) in [5.41, 5.74) is 0.845. The molecule has 0 radical (unpaired) electrons. The van der Waals surface area contributed by atoms with Crippen molar-refractivity contribution in [3.05, 3.63) is 58.8 Å². The van der Waals surface area contributed by atoms with Gasteiger partial charge in [0.05, 0.1) is 11.1 Å². The topological polar surface area (TPSA) is 32.3 Å². The summed E-state index contributed by atoms with van der Waals surface area (Å²) in [4.78, 5) is 12.9. The molecule has 140 valence electrons. The van der Waals surface area contributed by atoms with E-state index in [1.165, 1.54) is 12.1 Å². The van der Waals surface area contributed by atoms with E-state index in [0.29, 0.717) is 31.9 Å². The zero-order valence-corrected chi connectivity index (χ0v) is 15.8. The Labute approximate surface area is 162 Å². The zero-order chi connectivity index (χ0) is 19.0. The molecule has 0 saturated carbocycles. The van der Waals surface area contributed by atoms with Gasteiger partial charge in [0, 0.05) is 41.7 Å². The summed E-state index contributed by atoms with van der Waals surface area (Å²) in [6.45, 7) is 2.60. The highest BCUT2D eigenvalue weighted by atomic mass is 79.9. The van der Waals surface area contributed by atoms with Gasteiger partial charge in [0.25, 0.3) is 0 Å². The van der Waals surface area contributed by atoms with Crippen LogP contribution in [0.3, 0.4) is 0 Å². The van der Waals surface area contributed by atoms with Crippen molar-refractivity contribution in [2.75, 3.05) is 36.0 Å². The van der Waals surface area contributed by atoms with Crippen molar-refractivity contribution >= 4 is 38.3 Å². The van der Waals surface area contributed by atoms with Gasteiger partial charge in [-0.05, 0) is 36.4 Å². The third-order valence-corrected chi connectivity index (χ3v) is 5.19. The second-order valence-electron chi connectivity index (χ2n) is 6.38. The molecule has 2 heterocycles. The summed E-state index contributed by atoms with van der Waals surface area (Å²) in [6, 6.07) is 11.4. The van der Waals surface area contributed by atoms with Crippen LogP contribution in [0.1, 0.15) is 5.56 Å². The van der Waals surface area contributed by atoms with E-state index in [-0.39, 0.29) is 0 Å². The van der Waals surface area contributed by atoms with E-state index < -0.39 is 11.7 Å². The third kappa shape index (κ3) is 3.71. The molecule has 27 heavy (non-hydrogen) atoms. The lowest BCUT2D eigenvalue weighted by Crippen LogP contribution is -2.47. The van der Waals surface area contributed by atoms with Gasteiger partial charge in [-0.3, -0.25) is 0 Å². The smallest absolute Gasteiger partial charge is 0.368 e. The molecule has 0 spiro atoms. The van der Waals surface area contributed by atoms with Crippen molar-refractivity contribution in [1.29, 1.82) is 0 Å². The van der Waals surface area contributed by atoms with Crippen LogP contribution in [0.2, 0.25) is 0 Å². The minimum absolute atomic E-state index is 0.597. The average molecular weight is 437 g/mol. The molecule has 0 amide bonds. The molecule has 1 saturated heterocycles. The highest BCUT2D eigenvalue weighted by Gasteiger charge is 2.31. The molecule has 1 aromatic heterocycles. The maximum atomic E-state index is 13.0. The fourth-order valence-corrected chi connectivity index (χ4v) is 3.68. The summed E-state index contributed by atoms with van der Waals surface area (Å²) in [5.74, 6) is 0.852. The van der Waals surface area contributed by atoms with Gasteiger partial charge in [-0.2, -0.15) is 13.2 Å². The number of piperazine rings is 1. The number of nitrogens with zero attached hydrogens (tertiary/aromatic N) is 4. The van der Waals surface area contributed by atoms with E-state index >= 15 is 0 Å². The summed E-state index contributed by atoms with van der Waals surface area (Å²) < 4.78 is 39.8. The summed E-state index contributed by atoms with van der Waals surface area (Å²) in [7, 11) is 0. The quantitative estimate of drug-likeness (QED) is 0.580. The van der Waals surface area contributed by atoms with Gasteiger partial charge in [-0.15, -0.1) is 0 Å². The Morgan fingerprint density at radius 1 is 0.889 bits per heavy atom. The molecule has 3 aromatic rings. The Bertz CT molecular complexity index is 969. The van der Waals surface area contributed by atoms with Crippen molar-refractivity contribution in [1.82, 2.24) is 9.97 Å². The molecule has 1 fully saturated rings. The summed E-state index contributed by atoms with van der Waals surface area (Å²) in [6.07, 6.45) is -2.78. The van der Waals surface area contributed by atoms with Crippen molar-refractivity contribution < 1.29 is 13.2 Å². The van der Waals surface area contributed by atoms with Gasteiger partial charge >= 0.3 is 6.18 Å². The molecule has 0 aliphatic carbocycles. The zero-order valence-electron chi connectivity index (χ0n) is 14.2. The number of halogens is 4. The molecule has 4 rings (SSSR count). The van der Waals surface area contributed by atoms with E-state index in [1.54, 1.807) is 12.4 Å². The van der Waals surface area contributed by atoms with E-state index in [4.69, 9.17) is 0 Å². The molecule has 1 aliphatic heterocycles. The number of anilines is 2. The predicted molar refractivity (Wildman–Crippen MR) is 103 cm³/mol. The standard InChI is InChI=1S/C19H16BrF3N4/c20-14-4-5-17-16(11-14)18(25-12-24-17)27-8-6-26(7-9-27)15-3-1-2-13(10-15)19(21,22)23/h1-5,10-12H,6-9H2. The van der Waals surface area contributed by atoms with Crippen LogP contribution in [0.4, 0.5) is 24.7 Å². The lowest BCUT2D eigenvalue weighted by Gasteiger charge is -2.37. The van der Waals surface area contributed by atoms with Gasteiger partial charge in [-0.1, -0.05) is 22.0 Å². The SMILES string of the molecule is FC(F)(F)c1cccc(N2CCN(c3ncnc4ccc(Br)cc34)CC2)c1. The lowest BCUT2D eigenvalue weighted by molar-refractivity contribution is -0.137. The minimum atomic E-state index is -4.33. The fraction of sp³-hybridized carbons (Fsp3) is 0.263. The van der Waals surface area contributed by atoms with Crippen molar-refractivity contribution in [2.45, 2.75) is 6.18 Å². The van der Waals surface area contributed by atoms with Crippen LogP contribution < -0.4 is 9.80 Å². The van der Waals surface area contributed by atoms with Gasteiger partial charge in [0.15, 0.2) is 0 Å². The normalized spacial score (nSPS) is 15.4. The Kier molecular flexibility index (Phi) is 4.67. The first-order chi connectivity index (χ1) is 12.9. The van der Waals surface area contributed by atoms with Gasteiger partial charge in [0.2, 0.25) is 0 Å². The Balaban J connectivity index is 1.54. The second-order valence-corrected chi connectivity index (χ2v) is 7.30. The van der Waals surface area contributed by atoms with Crippen LogP contribution in [0, 0.1) is 0 Å². The number of aromatic nitrogens is 2. The van der Waals surface area contributed by atoms with Crippen LogP contribution in [-0.4, -0.2) is 36.1 Å². The van der Waals surface area contributed by atoms with E-state index in [0.717, 1.165) is 27.3 Å². The Hall–Kier alpha value is -2.35. The molecular weight excluding hydrogens is 421 g/mol. The number of rotatable bonds is 2. The van der Waals surface area contributed by atoms with Crippen molar-refractivity contribution in [3.63, 3.8) is 0 Å². The number of benzene rings is 2. The number of fused-ring (bicyclic) bond motifs is 1. The molecular formula is C19H16BrF3N4. The predicted octanol–water partition coefficient (Wildman–Crippen LogP) is 4.74. The molecule has 0 N–H and O–H groups in total. The van der Waals surface area contributed by atoms with E-state index in [9.17, 15) is 13.2 Å². The first-order valence-electron chi connectivity index (χ1n) is 8.49. The van der Waals surface area contributed by atoms with Gasteiger partial charge < -0.3 is 9.80 Å². The van der Waals surface area contributed by atoms with E-state index in [2.05, 4.69) is 30.8 Å². The Morgan fingerprint density at radius 2 is 1.63 bits per heavy atom. The van der Waals surface area contributed by atoms with Crippen molar-refractivity contribution in [2.24, 2.45) is 0 Å². The van der Waals surface area contributed by atoms with Gasteiger partial charge in [0.1, 0.15) is 12.1 Å². The molecule has 0 unspecified atom stereocenters. The van der Waals surface area contributed by atoms with Crippen LogP contribution in [0.5, 0.6) is 0 Å². The first-order valence-corrected chi connectivity index (χ1v) is 9.28. The fourth-order valence-electron chi connectivity index (χ4n) is 3.32. The highest BCUT2D eigenvalue weighted by molar-refractivity contribution is 9.10.